The van der Waals surface area contributed by atoms with Gasteiger partial charge in [0.15, 0.2) is 0 Å². The van der Waals surface area contributed by atoms with Crippen molar-refractivity contribution < 1.29 is 5.11 Å². The topological polar surface area (TPSA) is 46.2 Å². The van der Waals surface area contributed by atoms with Gasteiger partial charge in [0.1, 0.15) is 0 Å². The number of aliphatic hydroxyl groups is 1. The smallest absolute Gasteiger partial charge is 0.0928 e. The van der Waals surface area contributed by atoms with E-state index in [9.17, 15) is 0 Å². The van der Waals surface area contributed by atoms with E-state index in [-0.39, 0.29) is 0 Å². The van der Waals surface area contributed by atoms with Gasteiger partial charge in [-0.2, -0.15) is 0 Å². The Hall–Kier alpha value is -0.760. The zero-order chi connectivity index (χ0) is 6.69. The van der Waals surface area contributed by atoms with Crippen LogP contribution in [0.5, 0.6) is 0 Å². The molecule has 0 aromatic heterocycles. The SMILES string of the molecule is NCC1=CCCC(O)=C1. The van der Waals surface area contributed by atoms with Crippen molar-refractivity contribution in [1.82, 2.24) is 0 Å². The molecule has 0 unspecified atom stereocenters. The predicted molar refractivity (Wildman–Crippen MR) is 37.1 cm³/mol. The van der Waals surface area contributed by atoms with E-state index in [0.717, 1.165) is 18.4 Å². The Bertz CT molecular complexity index is 158. The summed E-state index contributed by atoms with van der Waals surface area (Å²) < 4.78 is 0. The monoisotopic (exact) mass is 125 g/mol. The number of aliphatic hydroxyl groups excluding tert-OH is 1. The maximum Gasteiger partial charge on any atom is 0.0928 e. The number of nitrogens with two attached hydrogens (primary N) is 1. The summed E-state index contributed by atoms with van der Waals surface area (Å²) in [6, 6.07) is 0. The van der Waals surface area contributed by atoms with Crippen LogP contribution in [-0.2, 0) is 0 Å². The first-order valence-corrected chi connectivity index (χ1v) is 3.11. The van der Waals surface area contributed by atoms with Crippen molar-refractivity contribution >= 4 is 0 Å². The van der Waals surface area contributed by atoms with Gasteiger partial charge in [-0.3, -0.25) is 0 Å². The van der Waals surface area contributed by atoms with Gasteiger partial charge in [0.25, 0.3) is 0 Å². The summed E-state index contributed by atoms with van der Waals surface area (Å²) in [7, 11) is 0. The minimum absolute atomic E-state index is 0.456. The van der Waals surface area contributed by atoms with Gasteiger partial charge in [-0.1, -0.05) is 6.08 Å². The Balaban J connectivity index is 2.63. The highest BCUT2D eigenvalue weighted by atomic mass is 16.3. The molecule has 0 aromatic rings. The molecule has 0 fully saturated rings. The lowest BCUT2D eigenvalue weighted by atomic mass is 10.1. The van der Waals surface area contributed by atoms with Gasteiger partial charge in [-0.15, -0.1) is 0 Å². The maximum absolute atomic E-state index is 8.98. The Labute approximate surface area is 54.7 Å². The van der Waals surface area contributed by atoms with E-state index < -0.39 is 0 Å². The van der Waals surface area contributed by atoms with Crippen LogP contribution < -0.4 is 5.73 Å². The molecular weight excluding hydrogens is 114 g/mol. The number of hydrogen-bond acceptors (Lipinski definition) is 2. The Morgan fingerprint density at radius 3 is 2.89 bits per heavy atom. The fourth-order valence-electron chi connectivity index (χ4n) is 0.893. The fourth-order valence-corrected chi connectivity index (χ4v) is 0.893. The molecule has 0 aliphatic heterocycles. The summed E-state index contributed by atoms with van der Waals surface area (Å²) in [6.07, 6.45) is 5.49. The van der Waals surface area contributed by atoms with Gasteiger partial charge in [-0.25, -0.2) is 0 Å². The third-order valence-corrected chi connectivity index (χ3v) is 1.39. The molecule has 50 valence electrons. The lowest BCUT2D eigenvalue weighted by molar-refractivity contribution is 0.386. The van der Waals surface area contributed by atoms with Gasteiger partial charge in [0.2, 0.25) is 0 Å². The predicted octanol–water partition coefficient (Wildman–Crippen LogP) is 1.11. The molecule has 3 N–H and O–H groups in total. The first-order valence-electron chi connectivity index (χ1n) is 3.11. The molecule has 9 heavy (non-hydrogen) atoms. The summed E-state index contributed by atoms with van der Waals surface area (Å²) in [5.41, 5.74) is 6.38. The zero-order valence-corrected chi connectivity index (χ0v) is 5.30. The molecule has 2 heteroatoms. The lowest BCUT2D eigenvalue weighted by Gasteiger charge is -2.05. The van der Waals surface area contributed by atoms with Crippen molar-refractivity contribution in [2.24, 2.45) is 5.73 Å². The summed E-state index contributed by atoms with van der Waals surface area (Å²) in [5, 5.41) is 8.98. The second kappa shape index (κ2) is 2.69. The molecule has 1 aliphatic rings. The molecule has 0 bridgehead atoms. The van der Waals surface area contributed by atoms with Gasteiger partial charge < -0.3 is 10.8 Å². The Morgan fingerprint density at radius 2 is 2.44 bits per heavy atom. The van der Waals surface area contributed by atoms with E-state index in [1.807, 2.05) is 0 Å². The van der Waals surface area contributed by atoms with Crippen LogP contribution in [0.1, 0.15) is 12.8 Å². The Morgan fingerprint density at radius 1 is 1.67 bits per heavy atom. The molecular formula is C7H11NO. The fraction of sp³-hybridized carbons (Fsp3) is 0.429. The van der Waals surface area contributed by atoms with Crippen molar-refractivity contribution in [3.63, 3.8) is 0 Å². The molecule has 0 amide bonds. The average molecular weight is 125 g/mol. The van der Waals surface area contributed by atoms with Crippen molar-refractivity contribution in [3.8, 4) is 0 Å². The second-order valence-corrected chi connectivity index (χ2v) is 2.16. The highest BCUT2D eigenvalue weighted by Gasteiger charge is 2.00. The van der Waals surface area contributed by atoms with E-state index in [1.54, 1.807) is 6.08 Å². The third-order valence-electron chi connectivity index (χ3n) is 1.39. The summed E-state index contributed by atoms with van der Waals surface area (Å²) >= 11 is 0. The van der Waals surface area contributed by atoms with Crippen LogP contribution in [-0.4, -0.2) is 11.7 Å². The van der Waals surface area contributed by atoms with Crippen molar-refractivity contribution in [2.75, 3.05) is 6.54 Å². The molecule has 0 heterocycles. The van der Waals surface area contributed by atoms with Crippen LogP contribution in [0.25, 0.3) is 0 Å². The quantitative estimate of drug-likeness (QED) is 0.551. The summed E-state index contributed by atoms with van der Waals surface area (Å²) in [6.45, 7) is 0.532. The minimum Gasteiger partial charge on any atom is -0.512 e. The zero-order valence-electron chi connectivity index (χ0n) is 5.30. The maximum atomic E-state index is 8.98. The molecule has 1 rings (SSSR count). The molecule has 0 radical (unpaired) electrons. The minimum atomic E-state index is 0.456. The molecule has 0 saturated heterocycles. The summed E-state index contributed by atoms with van der Waals surface area (Å²) in [4.78, 5) is 0. The van der Waals surface area contributed by atoms with E-state index >= 15 is 0 Å². The van der Waals surface area contributed by atoms with Crippen LogP contribution in [0.3, 0.4) is 0 Å². The van der Waals surface area contributed by atoms with Crippen molar-refractivity contribution in [3.05, 3.63) is 23.5 Å². The van der Waals surface area contributed by atoms with Gasteiger partial charge >= 0.3 is 0 Å². The largest absolute Gasteiger partial charge is 0.512 e. The van der Waals surface area contributed by atoms with Crippen LogP contribution in [0.15, 0.2) is 23.5 Å². The van der Waals surface area contributed by atoms with Gasteiger partial charge in [0.05, 0.1) is 5.76 Å². The summed E-state index contributed by atoms with van der Waals surface area (Å²) in [5.74, 6) is 0.456. The molecule has 0 atom stereocenters. The normalized spacial score (nSPS) is 18.8. The van der Waals surface area contributed by atoms with Crippen molar-refractivity contribution in [1.29, 1.82) is 0 Å². The van der Waals surface area contributed by atoms with Gasteiger partial charge in [-0.05, 0) is 18.1 Å². The molecule has 2 nitrogen and oxygen atoms in total. The standard InChI is InChI=1S/C7H11NO/c8-5-6-2-1-3-7(9)4-6/h2,4,9H,1,3,5,8H2. The van der Waals surface area contributed by atoms with E-state index in [2.05, 4.69) is 6.08 Å². The highest BCUT2D eigenvalue weighted by molar-refractivity contribution is 5.25. The van der Waals surface area contributed by atoms with Crippen LogP contribution >= 0.6 is 0 Å². The molecule has 0 saturated carbocycles. The first kappa shape index (κ1) is 6.36. The van der Waals surface area contributed by atoms with E-state index in [1.165, 1.54) is 0 Å². The van der Waals surface area contributed by atoms with Crippen LogP contribution in [0, 0.1) is 0 Å². The first-order chi connectivity index (χ1) is 4.33. The van der Waals surface area contributed by atoms with Gasteiger partial charge in [0, 0.05) is 13.0 Å². The van der Waals surface area contributed by atoms with Crippen LogP contribution in [0.4, 0.5) is 0 Å². The molecule has 0 aromatic carbocycles. The van der Waals surface area contributed by atoms with E-state index in [4.69, 9.17) is 10.8 Å². The highest BCUT2D eigenvalue weighted by Crippen LogP contribution is 2.13. The van der Waals surface area contributed by atoms with E-state index in [0.29, 0.717) is 12.3 Å². The second-order valence-electron chi connectivity index (χ2n) is 2.16. The number of rotatable bonds is 1. The molecule has 0 spiro atoms. The third kappa shape index (κ3) is 1.57. The lowest BCUT2D eigenvalue weighted by Crippen LogP contribution is -2.04. The molecule has 1 aliphatic carbocycles. The number of hydrogen-bond donors (Lipinski definition) is 2. The Kier molecular flexibility index (Phi) is 1.90. The van der Waals surface area contributed by atoms with Crippen molar-refractivity contribution in [2.45, 2.75) is 12.8 Å². The van der Waals surface area contributed by atoms with Crippen LogP contribution in [0.2, 0.25) is 0 Å². The average Bonchev–Trinajstić information content (AvgIpc) is 1.88. The number of allylic oxidation sites excluding steroid dienone is 2.